The topological polar surface area (TPSA) is 60.8 Å². The first-order chi connectivity index (χ1) is 18.3. The van der Waals surface area contributed by atoms with E-state index in [0.29, 0.717) is 0 Å². The van der Waals surface area contributed by atoms with E-state index in [9.17, 15) is 34.5 Å². The Labute approximate surface area is 245 Å². The van der Waals surface area contributed by atoms with E-state index in [2.05, 4.69) is 19.9 Å². The molecule has 4 rings (SSSR count). The molecule has 0 aliphatic carbocycles. The molecule has 16 heteroatoms. The van der Waals surface area contributed by atoms with Gasteiger partial charge >= 0.3 is 31.6 Å². The standard InChI is InChI=1S/2C10H8N2.C4H10O.CH3.2BF4.Fe/c2*1-3-7-11-9(5-1)10-6-2-4-8-12-10;1-3-5-4-2;;2*2-1(3,4)5;/h2*1-8H;3-4H2,1-2H3;1H3;;;/q;;;3*-1;+3. The summed E-state index contributed by atoms with van der Waals surface area (Å²) in [5.41, 5.74) is 3.66. The molecular weight excluding hydrogens is 602 g/mol. The average Bonchev–Trinajstić information content (AvgIpc) is 2.90. The van der Waals surface area contributed by atoms with Crippen LogP contribution in [0.5, 0.6) is 0 Å². The maximum absolute atomic E-state index is 9.75. The maximum Gasteiger partial charge on any atom is 3.00 e. The maximum atomic E-state index is 9.75. The van der Waals surface area contributed by atoms with Crippen LogP contribution in [0.1, 0.15) is 13.8 Å². The number of aromatic nitrogens is 4. The Bertz CT molecular complexity index is 929. The minimum Gasteiger partial charge on any atom is -0.418 e. The number of halogens is 8. The van der Waals surface area contributed by atoms with Gasteiger partial charge in [0.25, 0.3) is 0 Å². The quantitative estimate of drug-likeness (QED) is 0.129. The molecular formula is C25H29B2F8FeN4O. The third-order valence-electron chi connectivity index (χ3n) is 3.59. The van der Waals surface area contributed by atoms with Gasteiger partial charge in [-0.2, -0.15) is 0 Å². The Kier molecular flexibility index (Phi) is 25.1. The summed E-state index contributed by atoms with van der Waals surface area (Å²) in [6.07, 6.45) is 7.07. The summed E-state index contributed by atoms with van der Waals surface area (Å²) in [4.78, 5) is 16.7. The summed E-state index contributed by atoms with van der Waals surface area (Å²) in [6.45, 7) is 5.67. The van der Waals surface area contributed by atoms with Crippen LogP contribution in [0.25, 0.3) is 22.8 Å². The van der Waals surface area contributed by atoms with Gasteiger partial charge in [-0.1, -0.05) is 24.3 Å². The summed E-state index contributed by atoms with van der Waals surface area (Å²) in [5.74, 6) is 0. The summed E-state index contributed by atoms with van der Waals surface area (Å²) >= 11 is 0. The zero-order chi connectivity index (χ0) is 29.6. The van der Waals surface area contributed by atoms with Crippen molar-refractivity contribution in [2.75, 3.05) is 13.2 Å². The Morgan fingerprint density at radius 1 is 0.488 bits per heavy atom. The van der Waals surface area contributed by atoms with Crippen LogP contribution in [-0.4, -0.2) is 47.7 Å². The van der Waals surface area contributed by atoms with Crippen molar-refractivity contribution in [3.05, 3.63) is 105 Å². The zero-order valence-corrected chi connectivity index (χ0v) is 23.5. The molecule has 0 atom stereocenters. The molecule has 225 valence electrons. The minimum absolute atomic E-state index is 0. The van der Waals surface area contributed by atoms with E-state index in [1.165, 1.54) is 0 Å². The molecule has 41 heavy (non-hydrogen) atoms. The number of nitrogens with zero attached hydrogens (tertiary/aromatic N) is 4. The zero-order valence-electron chi connectivity index (χ0n) is 22.4. The van der Waals surface area contributed by atoms with Crippen molar-refractivity contribution in [2.45, 2.75) is 13.8 Å². The van der Waals surface area contributed by atoms with E-state index >= 15 is 0 Å². The van der Waals surface area contributed by atoms with Gasteiger partial charge in [0.1, 0.15) is 0 Å². The van der Waals surface area contributed by atoms with Crippen molar-refractivity contribution in [3.8, 4) is 22.8 Å². The Balaban J connectivity index is -0.000000467. The monoisotopic (exact) mass is 631 g/mol. The van der Waals surface area contributed by atoms with Crippen LogP contribution in [-0.2, 0) is 21.8 Å². The van der Waals surface area contributed by atoms with E-state index in [4.69, 9.17) is 4.74 Å². The molecule has 0 aliphatic heterocycles. The second kappa shape index (κ2) is 24.4. The first-order valence-electron chi connectivity index (χ1n) is 11.3. The molecule has 0 bridgehead atoms. The number of ether oxygens (including phenoxy) is 1. The van der Waals surface area contributed by atoms with Crippen LogP contribution in [0.3, 0.4) is 0 Å². The van der Waals surface area contributed by atoms with Crippen molar-refractivity contribution in [3.63, 3.8) is 0 Å². The van der Waals surface area contributed by atoms with Gasteiger partial charge in [-0.3, -0.25) is 19.9 Å². The van der Waals surface area contributed by atoms with Crippen molar-refractivity contribution >= 4 is 14.5 Å². The molecule has 5 nitrogen and oxygen atoms in total. The molecule has 0 fully saturated rings. The number of hydrogen-bond acceptors (Lipinski definition) is 5. The van der Waals surface area contributed by atoms with E-state index in [-0.39, 0.29) is 24.5 Å². The summed E-state index contributed by atoms with van der Waals surface area (Å²) in [6, 6.07) is 23.2. The molecule has 4 aromatic heterocycles. The van der Waals surface area contributed by atoms with Crippen molar-refractivity contribution in [1.29, 1.82) is 0 Å². The molecule has 0 aromatic carbocycles. The van der Waals surface area contributed by atoms with Crippen molar-refractivity contribution in [2.24, 2.45) is 0 Å². The summed E-state index contributed by atoms with van der Waals surface area (Å²) in [7, 11) is -12.0. The predicted molar refractivity (Wildman–Crippen MR) is 144 cm³/mol. The van der Waals surface area contributed by atoms with Gasteiger partial charge in [-0.15, -0.1) is 0 Å². The summed E-state index contributed by atoms with van der Waals surface area (Å²) < 4.78 is 82.8. The third kappa shape index (κ3) is 29.5. The molecule has 0 N–H and O–H groups in total. The Morgan fingerprint density at radius 3 is 0.780 bits per heavy atom. The number of rotatable bonds is 4. The van der Waals surface area contributed by atoms with Crippen LogP contribution in [0.4, 0.5) is 34.5 Å². The SMILES string of the molecule is CCOCC.F[B-](F)(F)F.F[B-](F)(F)F.[CH3-].[Fe+3].c1ccc(-c2ccccn2)nc1.c1ccc(-c2ccccn2)nc1. The van der Waals surface area contributed by atoms with Crippen LogP contribution < -0.4 is 0 Å². The van der Waals surface area contributed by atoms with Crippen molar-refractivity contribution in [1.82, 2.24) is 19.9 Å². The average molecular weight is 631 g/mol. The fourth-order valence-corrected chi connectivity index (χ4v) is 2.26. The van der Waals surface area contributed by atoms with E-state index in [0.717, 1.165) is 36.0 Å². The van der Waals surface area contributed by atoms with Crippen LogP contribution >= 0.6 is 0 Å². The first-order valence-corrected chi connectivity index (χ1v) is 11.3. The molecule has 0 saturated carbocycles. The predicted octanol–water partition coefficient (Wildman–Crippen LogP) is 8.38. The fourth-order valence-electron chi connectivity index (χ4n) is 2.26. The molecule has 1 radical (unpaired) electrons. The smallest absolute Gasteiger partial charge is 0.418 e. The van der Waals surface area contributed by atoms with E-state index in [1.54, 1.807) is 24.8 Å². The second-order valence-electron chi connectivity index (χ2n) is 6.63. The summed E-state index contributed by atoms with van der Waals surface area (Å²) in [5, 5.41) is 0. The molecule has 0 spiro atoms. The Hall–Kier alpha value is -3.35. The van der Waals surface area contributed by atoms with Gasteiger partial charge in [0, 0.05) is 38.0 Å². The number of pyridine rings is 4. The van der Waals surface area contributed by atoms with E-state index in [1.807, 2.05) is 86.6 Å². The molecule has 0 saturated heterocycles. The largest absolute Gasteiger partial charge is 3.00 e. The fraction of sp³-hybridized carbons (Fsp3) is 0.160. The van der Waals surface area contributed by atoms with Crippen molar-refractivity contribution < 1.29 is 56.3 Å². The van der Waals surface area contributed by atoms with Crippen LogP contribution in [0.2, 0.25) is 0 Å². The number of hydrogen-bond donors (Lipinski definition) is 0. The molecule has 0 aliphatic rings. The Morgan fingerprint density at radius 2 is 0.683 bits per heavy atom. The van der Waals surface area contributed by atoms with Gasteiger partial charge in [0.05, 0.1) is 22.8 Å². The van der Waals surface area contributed by atoms with E-state index < -0.39 is 14.5 Å². The molecule has 4 heterocycles. The van der Waals surface area contributed by atoms with Gasteiger partial charge < -0.3 is 46.7 Å². The molecule has 0 unspecified atom stereocenters. The third-order valence-corrected chi connectivity index (χ3v) is 3.59. The second-order valence-corrected chi connectivity index (χ2v) is 6.63. The van der Waals surface area contributed by atoms with Gasteiger partial charge in [0.15, 0.2) is 0 Å². The van der Waals surface area contributed by atoms with Gasteiger partial charge in [0.2, 0.25) is 0 Å². The minimum atomic E-state index is -6.00. The first kappa shape index (κ1) is 42.1. The molecule has 0 amide bonds. The normalized spacial score (nSPS) is 9.61. The van der Waals surface area contributed by atoms with Gasteiger partial charge in [-0.25, -0.2) is 0 Å². The van der Waals surface area contributed by atoms with Crippen LogP contribution in [0.15, 0.2) is 97.6 Å². The van der Waals surface area contributed by atoms with Gasteiger partial charge in [-0.05, 0) is 62.4 Å². The van der Waals surface area contributed by atoms with Crippen LogP contribution in [0, 0.1) is 7.43 Å². The molecule has 4 aromatic rings.